The molecular weight excluding hydrogens is 245 g/mol. The second-order valence-corrected chi connectivity index (χ2v) is 5.33. The van der Waals surface area contributed by atoms with Crippen LogP contribution in [-0.2, 0) is 10.2 Å². The number of halogens is 1. The molecule has 0 aliphatic carbocycles. The number of hydrogen-bond donors (Lipinski definition) is 2. The summed E-state index contributed by atoms with van der Waals surface area (Å²) in [5.74, 6) is -0.291. The van der Waals surface area contributed by atoms with Crippen molar-refractivity contribution in [1.82, 2.24) is 0 Å². The number of ether oxygens (including phenoxy) is 1. The van der Waals surface area contributed by atoms with Crippen LogP contribution in [-0.4, -0.2) is 31.0 Å². The normalized spacial score (nSPS) is 22.4. The molecular formula is C15H22FNO2. The standard InChI is InChI=1S/C15H22FNO2/c16-13-4-1-3-12(9-13)15(10-17,11-18)7-6-14-5-2-8-19-14/h1,3-4,9,14,18H,2,5-8,10-11,17H2. The van der Waals surface area contributed by atoms with Gasteiger partial charge in [-0.3, -0.25) is 0 Å². The first-order valence-corrected chi connectivity index (χ1v) is 6.89. The van der Waals surface area contributed by atoms with E-state index in [0.29, 0.717) is 13.0 Å². The third kappa shape index (κ3) is 3.32. The largest absolute Gasteiger partial charge is 0.395 e. The first kappa shape index (κ1) is 14.4. The van der Waals surface area contributed by atoms with Gasteiger partial charge in [-0.05, 0) is 43.4 Å². The van der Waals surface area contributed by atoms with Gasteiger partial charge in [-0.2, -0.15) is 0 Å². The second kappa shape index (κ2) is 6.46. The Morgan fingerprint density at radius 1 is 1.47 bits per heavy atom. The van der Waals surface area contributed by atoms with Crippen LogP contribution in [0, 0.1) is 5.82 Å². The highest BCUT2D eigenvalue weighted by atomic mass is 19.1. The molecule has 2 atom stereocenters. The summed E-state index contributed by atoms with van der Waals surface area (Å²) in [4.78, 5) is 0. The van der Waals surface area contributed by atoms with Crippen LogP contribution in [0.1, 0.15) is 31.2 Å². The fourth-order valence-electron chi connectivity index (χ4n) is 2.73. The summed E-state index contributed by atoms with van der Waals surface area (Å²) < 4.78 is 19.0. The Kier molecular flexibility index (Phi) is 4.91. The van der Waals surface area contributed by atoms with Gasteiger partial charge in [0.1, 0.15) is 5.82 Å². The Bertz CT molecular complexity index is 401. The van der Waals surface area contributed by atoms with Gasteiger partial charge < -0.3 is 15.6 Å². The van der Waals surface area contributed by atoms with E-state index in [9.17, 15) is 9.50 Å². The first-order valence-electron chi connectivity index (χ1n) is 6.89. The first-order chi connectivity index (χ1) is 9.20. The van der Waals surface area contributed by atoms with E-state index in [4.69, 9.17) is 10.5 Å². The van der Waals surface area contributed by atoms with Crippen molar-refractivity contribution in [2.75, 3.05) is 19.8 Å². The molecule has 0 spiro atoms. The quantitative estimate of drug-likeness (QED) is 0.828. The topological polar surface area (TPSA) is 55.5 Å². The number of nitrogens with two attached hydrogens (primary N) is 1. The van der Waals surface area contributed by atoms with E-state index in [1.807, 2.05) is 6.07 Å². The van der Waals surface area contributed by atoms with E-state index in [1.54, 1.807) is 6.07 Å². The van der Waals surface area contributed by atoms with Crippen LogP contribution in [0.15, 0.2) is 24.3 Å². The molecule has 1 fully saturated rings. The molecule has 0 radical (unpaired) electrons. The summed E-state index contributed by atoms with van der Waals surface area (Å²) in [5.41, 5.74) is 6.07. The van der Waals surface area contributed by atoms with Gasteiger partial charge in [-0.25, -0.2) is 4.39 Å². The lowest BCUT2D eigenvalue weighted by molar-refractivity contribution is 0.0882. The molecule has 1 saturated heterocycles. The summed E-state index contributed by atoms with van der Waals surface area (Å²) in [6.07, 6.45) is 3.99. The minimum Gasteiger partial charge on any atom is -0.395 e. The van der Waals surface area contributed by atoms with Gasteiger partial charge in [0.05, 0.1) is 12.7 Å². The maximum Gasteiger partial charge on any atom is 0.123 e. The summed E-state index contributed by atoms with van der Waals surface area (Å²) in [7, 11) is 0. The van der Waals surface area contributed by atoms with Crippen LogP contribution in [0.3, 0.4) is 0 Å². The zero-order valence-corrected chi connectivity index (χ0v) is 11.1. The monoisotopic (exact) mass is 267 g/mol. The van der Waals surface area contributed by atoms with Gasteiger partial charge in [0.2, 0.25) is 0 Å². The zero-order chi connectivity index (χ0) is 13.7. The molecule has 2 unspecified atom stereocenters. The molecule has 2 rings (SSSR count). The van der Waals surface area contributed by atoms with Crippen LogP contribution in [0.2, 0.25) is 0 Å². The van der Waals surface area contributed by atoms with E-state index in [0.717, 1.165) is 31.4 Å². The smallest absolute Gasteiger partial charge is 0.123 e. The highest BCUT2D eigenvalue weighted by Gasteiger charge is 2.32. The van der Waals surface area contributed by atoms with Gasteiger partial charge in [0.25, 0.3) is 0 Å². The van der Waals surface area contributed by atoms with Crippen LogP contribution >= 0.6 is 0 Å². The van der Waals surface area contributed by atoms with Gasteiger partial charge >= 0.3 is 0 Å². The molecule has 19 heavy (non-hydrogen) atoms. The molecule has 1 aromatic carbocycles. The molecule has 0 aromatic heterocycles. The Balaban J connectivity index is 2.11. The number of aliphatic hydroxyl groups excluding tert-OH is 1. The van der Waals surface area contributed by atoms with E-state index < -0.39 is 5.41 Å². The molecule has 106 valence electrons. The SMILES string of the molecule is NCC(CO)(CCC1CCCO1)c1cccc(F)c1. The van der Waals surface area contributed by atoms with Crippen LogP contribution < -0.4 is 5.73 Å². The molecule has 1 aliphatic rings. The summed E-state index contributed by atoms with van der Waals surface area (Å²) in [6, 6.07) is 6.37. The maximum atomic E-state index is 13.4. The van der Waals surface area contributed by atoms with Crippen molar-refractivity contribution in [3.63, 3.8) is 0 Å². The van der Waals surface area contributed by atoms with Gasteiger partial charge in [-0.15, -0.1) is 0 Å². The third-order valence-electron chi connectivity index (χ3n) is 4.10. The minimum absolute atomic E-state index is 0.0698. The Morgan fingerprint density at radius 2 is 2.32 bits per heavy atom. The van der Waals surface area contributed by atoms with Crippen molar-refractivity contribution in [1.29, 1.82) is 0 Å². The van der Waals surface area contributed by atoms with Crippen molar-refractivity contribution in [2.24, 2.45) is 5.73 Å². The average Bonchev–Trinajstić information content (AvgIpc) is 2.94. The Morgan fingerprint density at radius 3 is 2.89 bits per heavy atom. The summed E-state index contributed by atoms with van der Waals surface area (Å²) >= 11 is 0. The lowest BCUT2D eigenvalue weighted by Crippen LogP contribution is -2.39. The number of rotatable bonds is 6. The Hall–Kier alpha value is -0.970. The predicted molar refractivity (Wildman–Crippen MR) is 72.4 cm³/mol. The van der Waals surface area contributed by atoms with Gasteiger partial charge in [0.15, 0.2) is 0 Å². The van der Waals surface area contributed by atoms with Crippen molar-refractivity contribution >= 4 is 0 Å². The highest BCUT2D eigenvalue weighted by Crippen LogP contribution is 2.31. The highest BCUT2D eigenvalue weighted by molar-refractivity contribution is 5.27. The zero-order valence-electron chi connectivity index (χ0n) is 11.1. The van der Waals surface area contributed by atoms with E-state index in [1.165, 1.54) is 12.1 Å². The number of benzene rings is 1. The fourth-order valence-corrected chi connectivity index (χ4v) is 2.73. The molecule has 0 saturated carbocycles. The maximum absolute atomic E-state index is 13.4. The van der Waals surface area contributed by atoms with Crippen molar-refractivity contribution in [2.45, 2.75) is 37.2 Å². The van der Waals surface area contributed by atoms with Crippen LogP contribution in [0.4, 0.5) is 4.39 Å². The van der Waals surface area contributed by atoms with Crippen LogP contribution in [0.25, 0.3) is 0 Å². The second-order valence-electron chi connectivity index (χ2n) is 5.33. The fraction of sp³-hybridized carbons (Fsp3) is 0.600. The molecule has 4 heteroatoms. The third-order valence-corrected chi connectivity index (χ3v) is 4.10. The van der Waals surface area contributed by atoms with Crippen molar-refractivity contribution in [3.05, 3.63) is 35.6 Å². The minimum atomic E-state index is -0.561. The average molecular weight is 267 g/mol. The molecule has 1 aliphatic heterocycles. The van der Waals surface area contributed by atoms with E-state index in [2.05, 4.69) is 0 Å². The Labute approximate surface area is 113 Å². The van der Waals surface area contributed by atoms with Crippen molar-refractivity contribution in [3.8, 4) is 0 Å². The van der Waals surface area contributed by atoms with E-state index >= 15 is 0 Å². The molecule has 0 bridgehead atoms. The predicted octanol–water partition coefficient (Wildman–Crippen LogP) is 1.97. The number of aliphatic hydroxyl groups is 1. The molecule has 1 aromatic rings. The molecule has 0 amide bonds. The lowest BCUT2D eigenvalue weighted by atomic mass is 9.76. The molecule has 1 heterocycles. The molecule has 3 nitrogen and oxygen atoms in total. The number of hydrogen-bond acceptors (Lipinski definition) is 3. The summed E-state index contributed by atoms with van der Waals surface area (Å²) in [6.45, 7) is 1.05. The van der Waals surface area contributed by atoms with Gasteiger partial charge in [0, 0.05) is 18.6 Å². The lowest BCUT2D eigenvalue weighted by Gasteiger charge is -2.32. The van der Waals surface area contributed by atoms with Crippen LogP contribution in [0.5, 0.6) is 0 Å². The van der Waals surface area contributed by atoms with Crippen molar-refractivity contribution < 1.29 is 14.2 Å². The van der Waals surface area contributed by atoms with Gasteiger partial charge in [-0.1, -0.05) is 12.1 Å². The summed E-state index contributed by atoms with van der Waals surface area (Å²) in [5, 5.41) is 9.75. The molecule has 3 N–H and O–H groups in total. The van der Waals surface area contributed by atoms with E-state index in [-0.39, 0.29) is 18.5 Å².